The van der Waals surface area contributed by atoms with Crippen LogP contribution in [0.3, 0.4) is 0 Å². The lowest BCUT2D eigenvalue weighted by Crippen LogP contribution is -2.23. The Bertz CT molecular complexity index is 1160. The first kappa shape index (κ1) is 22.2. The number of hydrogen-bond donors (Lipinski definition) is 2. The van der Waals surface area contributed by atoms with Gasteiger partial charge in [0.1, 0.15) is 5.76 Å². The third-order valence-corrected chi connectivity index (χ3v) is 5.77. The Kier molecular flexibility index (Phi) is 6.83. The summed E-state index contributed by atoms with van der Waals surface area (Å²) in [6.45, 7) is 0.00869. The summed E-state index contributed by atoms with van der Waals surface area (Å²) in [6.07, 6.45) is 1.46. The number of rotatable bonds is 9. The summed E-state index contributed by atoms with van der Waals surface area (Å²) in [4.78, 5) is 12.8. The highest BCUT2D eigenvalue weighted by atomic mass is 32.2. The largest absolute Gasteiger partial charge is 0.493 e. The normalized spacial score (nSPS) is 11.1. The number of sulfonamides is 1. The molecule has 0 aliphatic heterocycles. The standard InChI is InChI=1S/C21H22N2O7S/c1-27-18-10-9-17(19(28-2)20(18)29-3)21(24)23-14-6-4-8-16(12-14)31(25,26)22-13-15-7-5-11-30-15/h4-12,22H,13H2,1-3H3,(H,23,24). The molecule has 2 N–H and O–H groups in total. The summed E-state index contributed by atoms with van der Waals surface area (Å²) < 4.78 is 48.6. The number of carbonyl (C=O) groups is 1. The highest BCUT2D eigenvalue weighted by molar-refractivity contribution is 7.89. The zero-order chi connectivity index (χ0) is 22.4. The molecule has 1 amide bonds. The molecule has 0 unspecified atom stereocenters. The third kappa shape index (κ3) is 4.98. The van der Waals surface area contributed by atoms with Crippen LogP contribution < -0.4 is 24.2 Å². The lowest BCUT2D eigenvalue weighted by molar-refractivity contribution is 0.102. The zero-order valence-corrected chi connectivity index (χ0v) is 18.0. The Morgan fingerprint density at radius 2 is 1.74 bits per heavy atom. The van der Waals surface area contributed by atoms with E-state index >= 15 is 0 Å². The van der Waals surface area contributed by atoms with Crippen LogP contribution in [0.1, 0.15) is 16.1 Å². The van der Waals surface area contributed by atoms with Crippen LogP contribution in [0.4, 0.5) is 5.69 Å². The number of ether oxygens (including phenoxy) is 3. The number of carbonyl (C=O) groups excluding carboxylic acids is 1. The van der Waals surface area contributed by atoms with E-state index in [0.717, 1.165) is 0 Å². The minimum atomic E-state index is -3.81. The van der Waals surface area contributed by atoms with Crippen LogP contribution in [-0.4, -0.2) is 35.7 Å². The minimum absolute atomic E-state index is 0.00358. The summed E-state index contributed by atoms with van der Waals surface area (Å²) in [5.74, 6) is 0.857. The number of methoxy groups -OCH3 is 3. The second kappa shape index (κ2) is 9.54. The van der Waals surface area contributed by atoms with Gasteiger partial charge >= 0.3 is 0 Å². The van der Waals surface area contributed by atoms with Crippen molar-refractivity contribution in [3.05, 3.63) is 66.1 Å². The van der Waals surface area contributed by atoms with Crippen molar-refractivity contribution in [2.24, 2.45) is 0 Å². The van der Waals surface area contributed by atoms with Crippen LogP contribution in [-0.2, 0) is 16.6 Å². The minimum Gasteiger partial charge on any atom is -0.493 e. The molecule has 0 aliphatic carbocycles. The number of anilines is 1. The van der Waals surface area contributed by atoms with Crippen LogP contribution in [0, 0.1) is 0 Å². The van der Waals surface area contributed by atoms with Crippen molar-refractivity contribution in [1.29, 1.82) is 0 Å². The molecule has 0 radical (unpaired) electrons. The fourth-order valence-electron chi connectivity index (χ4n) is 2.88. The molecular weight excluding hydrogens is 424 g/mol. The Morgan fingerprint density at radius 3 is 2.39 bits per heavy atom. The maximum atomic E-state index is 12.8. The molecule has 0 fully saturated rings. The molecule has 31 heavy (non-hydrogen) atoms. The molecule has 3 rings (SSSR count). The van der Waals surface area contributed by atoms with Gasteiger partial charge in [0.2, 0.25) is 15.8 Å². The molecule has 9 nitrogen and oxygen atoms in total. The maximum Gasteiger partial charge on any atom is 0.259 e. The van der Waals surface area contributed by atoms with Gasteiger partial charge in [0, 0.05) is 5.69 Å². The number of furan rings is 1. The van der Waals surface area contributed by atoms with E-state index in [-0.39, 0.29) is 28.5 Å². The zero-order valence-electron chi connectivity index (χ0n) is 17.2. The van der Waals surface area contributed by atoms with E-state index < -0.39 is 15.9 Å². The number of amides is 1. The summed E-state index contributed by atoms with van der Waals surface area (Å²) in [5.41, 5.74) is 0.493. The lowest BCUT2D eigenvalue weighted by Gasteiger charge is -2.15. The van der Waals surface area contributed by atoms with E-state index in [1.807, 2.05) is 0 Å². The molecule has 0 saturated carbocycles. The summed E-state index contributed by atoms with van der Waals surface area (Å²) >= 11 is 0. The first-order chi connectivity index (χ1) is 14.9. The number of nitrogens with one attached hydrogen (secondary N) is 2. The Labute approximate surface area is 180 Å². The molecule has 164 valence electrons. The molecule has 1 aromatic heterocycles. The van der Waals surface area contributed by atoms with Gasteiger partial charge in [-0.2, -0.15) is 0 Å². The molecule has 0 aliphatic rings. The first-order valence-corrected chi connectivity index (χ1v) is 10.6. The fraction of sp³-hybridized carbons (Fsp3) is 0.190. The molecule has 0 saturated heterocycles. The molecule has 0 bridgehead atoms. The van der Waals surface area contributed by atoms with Gasteiger partial charge in [0.25, 0.3) is 5.91 Å². The van der Waals surface area contributed by atoms with Gasteiger partial charge in [-0.25, -0.2) is 13.1 Å². The van der Waals surface area contributed by atoms with Crippen LogP contribution in [0.15, 0.2) is 64.1 Å². The van der Waals surface area contributed by atoms with Gasteiger partial charge in [-0.3, -0.25) is 4.79 Å². The predicted molar refractivity (Wildman–Crippen MR) is 113 cm³/mol. The third-order valence-electron chi connectivity index (χ3n) is 4.37. The smallest absolute Gasteiger partial charge is 0.259 e. The van der Waals surface area contributed by atoms with Crippen molar-refractivity contribution in [2.45, 2.75) is 11.4 Å². The molecular formula is C21H22N2O7S. The van der Waals surface area contributed by atoms with Gasteiger partial charge in [-0.1, -0.05) is 6.07 Å². The Balaban J connectivity index is 1.82. The lowest BCUT2D eigenvalue weighted by atomic mass is 10.1. The van der Waals surface area contributed by atoms with Crippen molar-refractivity contribution in [2.75, 3.05) is 26.6 Å². The van der Waals surface area contributed by atoms with Crippen molar-refractivity contribution in [3.63, 3.8) is 0 Å². The van der Waals surface area contributed by atoms with E-state index in [1.54, 1.807) is 24.3 Å². The monoisotopic (exact) mass is 446 g/mol. The van der Waals surface area contributed by atoms with Gasteiger partial charge in [0.15, 0.2) is 11.5 Å². The molecule has 0 atom stereocenters. The summed E-state index contributed by atoms with van der Waals surface area (Å²) in [6, 6.07) is 12.3. The van der Waals surface area contributed by atoms with Crippen LogP contribution in [0.25, 0.3) is 0 Å². The van der Waals surface area contributed by atoms with E-state index in [1.165, 1.54) is 51.9 Å². The van der Waals surface area contributed by atoms with Crippen molar-refractivity contribution in [3.8, 4) is 17.2 Å². The van der Waals surface area contributed by atoms with E-state index in [0.29, 0.717) is 17.2 Å². The molecule has 3 aromatic rings. The molecule has 1 heterocycles. The van der Waals surface area contributed by atoms with Crippen LogP contribution >= 0.6 is 0 Å². The number of hydrogen-bond acceptors (Lipinski definition) is 7. The highest BCUT2D eigenvalue weighted by Crippen LogP contribution is 2.40. The van der Waals surface area contributed by atoms with Crippen molar-refractivity contribution < 1.29 is 31.8 Å². The highest BCUT2D eigenvalue weighted by Gasteiger charge is 2.21. The Hall–Kier alpha value is -3.50. The summed E-state index contributed by atoms with van der Waals surface area (Å²) in [7, 11) is 0.506. The van der Waals surface area contributed by atoms with Gasteiger partial charge < -0.3 is 23.9 Å². The average Bonchev–Trinajstić information content (AvgIpc) is 3.30. The molecule has 2 aromatic carbocycles. The molecule has 10 heteroatoms. The first-order valence-electron chi connectivity index (χ1n) is 9.12. The second-order valence-corrected chi connectivity index (χ2v) is 8.03. The van der Waals surface area contributed by atoms with Crippen LogP contribution in [0.5, 0.6) is 17.2 Å². The van der Waals surface area contributed by atoms with E-state index in [9.17, 15) is 13.2 Å². The predicted octanol–water partition coefficient (Wildman–Crippen LogP) is 3.04. The maximum absolute atomic E-state index is 12.8. The van der Waals surface area contributed by atoms with Crippen molar-refractivity contribution in [1.82, 2.24) is 4.72 Å². The van der Waals surface area contributed by atoms with Crippen LogP contribution in [0.2, 0.25) is 0 Å². The topological polar surface area (TPSA) is 116 Å². The van der Waals surface area contributed by atoms with E-state index in [2.05, 4.69) is 10.0 Å². The number of benzene rings is 2. The van der Waals surface area contributed by atoms with Gasteiger partial charge in [-0.15, -0.1) is 0 Å². The average molecular weight is 446 g/mol. The quantitative estimate of drug-likeness (QED) is 0.519. The Morgan fingerprint density at radius 1 is 0.968 bits per heavy atom. The SMILES string of the molecule is COc1ccc(C(=O)Nc2cccc(S(=O)(=O)NCc3ccco3)c2)c(OC)c1OC. The van der Waals surface area contributed by atoms with Gasteiger partial charge in [-0.05, 0) is 42.5 Å². The fourth-order valence-corrected chi connectivity index (χ4v) is 3.92. The van der Waals surface area contributed by atoms with Crippen molar-refractivity contribution >= 4 is 21.6 Å². The second-order valence-electron chi connectivity index (χ2n) is 6.27. The summed E-state index contributed by atoms with van der Waals surface area (Å²) in [5, 5.41) is 2.68. The molecule has 0 spiro atoms. The van der Waals surface area contributed by atoms with E-state index in [4.69, 9.17) is 18.6 Å². The van der Waals surface area contributed by atoms with Gasteiger partial charge in [0.05, 0.1) is 44.6 Å².